The molecule has 1 N–H and O–H groups in total. The minimum absolute atomic E-state index is 0.0194. The molecule has 0 bridgehead atoms. The number of hydrogen-bond donors (Lipinski definition) is 1. The fourth-order valence-electron chi connectivity index (χ4n) is 2.46. The first-order valence-electron chi connectivity index (χ1n) is 7.68. The molecule has 1 aromatic heterocycles. The van der Waals surface area contributed by atoms with Gasteiger partial charge < -0.3 is 5.32 Å². The highest BCUT2D eigenvalue weighted by Crippen LogP contribution is 2.24. The Balaban J connectivity index is 2.37. The Morgan fingerprint density at radius 2 is 2.05 bits per heavy atom. The Labute approximate surface area is 126 Å². The molecule has 0 radical (unpaired) electrons. The van der Waals surface area contributed by atoms with Crippen LogP contribution < -0.4 is 5.32 Å². The lowest BCUT2D eigenvalue weighted by Gasteiger charge is -2.21. The fourth-order valence-corrected chi connectivity index (χ4v) is 2.46. The molecule has 0 aliphatic carbocycles. The van der Waals surface area contributed by atoms with E-state index in [1.807, 2.05) is 29.1 Å². The van der Waals surface area contributed by atoms with Crippen molar-refractivity contribution >= 4 is 0 Å². The summed E-state index contributed by atoms with van der Waals surface area (Å²) in [6, 6.07) is 7.46. The van der Waals surface area contributed by atoms with E-state index < -0.39 is 0 Å². The highest BCUT2D eigenvalue weighted by Gasteiger charge is 2.18. The molecule has 4 heteroatoms. The van der Waals surface area contributed by atoms with Crippen LogP contribution in [0.4, 0.5) is 4.39 Å². The summed E-state index contributed by atoms with van der Waals surface area (Å²) in [5.74, 6) is -0.155. The van der Waals surface area contributed by atoms with Crippen LogP contribution in [0.25, 0.3) is 0 Å². The standard InChI is InChI=1S/C17H24FN3/c1-4-9-19-17(14-7-6-13(3)15(18)12-14)16-8-10-20-21(16)11-5-2/h6-8,10,12,17,19H,4-5,9,11H2,1-3H3. The van der Waals surface area contributed by atoms with Gasteiger partial charge in [-0.3, -0.25) is 4.68 Å². The molecule has 0 amide bonds. The summed E-state index contributed by atoms with van der Waals surface area (Å²) in [7, 11) is 0. The molecule has 0 aliphatic rings. The number of benzene rings is 1. The number of aryl methyl sites for hydroxylation is 2. The molecule has 21 heavy (non-hydrogen) atoms. The van der Waals surface area contributed by atoms with Gasteiger partial charge in [0.05, 0.1) is 11.7 Å². The van der Waals surface area contributed by atoms with Gasteiger partial charge >= 0.3 is 0 Å². The molecule has 0 spiro atoms. The third-order valence-electron chi connectivity index (χ3n) is 3.61. The van der Waals surface area contributed by atoms with Crippen molar-refractivity contribution in [2.45, 2.75) is 46.2 Å². The average Bonchev–Trinajstić information content (AvgIpc) is 2.92. The van der Waals surface area contributed by atoms with Gasteiger partial charge in [-0.15, -0.1) is 0 Å². The van der Waals surface area contributed by atoms with E-state index in [2.05, 4.69) is 24.3 Å². The predicted molar refractivity (Wildman–Crippen MR) is 83.8 cm³/mol. The van der Waals surface area contributed by atoms with Gasteiger partial charge in [0.25, 0.3) is 0 Å². The summed E-state index contributed by atoms with van der Waals surface area (Å²) in [6.07, 6.45) is 3.88. The van der Waals surface area contributed by atoms with Crippen molar-refractivity contribution in [2.24, 2.45) is 0 Å². The van der Waals surface area contributed by atoms with Crippen LogP contribution in [0.15, 0.2) is 30.5 Å². The smallest absolute Gasteiger partial charge is 0.126 e. The van der Waals surface area contributed by atoms with Gasteiger partial charge in [0.2, 0.25) is 0 Å². The Hall–Kier alpha value is -1.68. The topological polar surface area (TPSA) is 29.9 Å². The van der Waals surface area contributed by atoms with Gasteiger partial charge in [0.1, 0.15) is 5.82 Å². The third kappa shape index (κ3) is 3.70. The minimum Gasteiger partial charge on any atom is -0.305 e. The summed E-state index contributed by atoms with van der Waals surface area (Å²) in [4.78, 5) is 0. The first-order chi connectivity index (χ1) is 10.2. The molecule has 114 valence electrons. The number of nitrogens with one attached hydrogen (secondary N) is 1. The molecule has 1 atom stereocenters. The van der Waals surface area contributed by atoms with Crippen LogP contribution in [-0.4, -0.2) is 16.3 Å². The van der Waals surface area contributed by atoms with Crippen LogP contribution in [0, 0.1) is 12.7 Å². The lowest BCUT2D eigenvalue weighted by Crippen LogP contribution is -2.26. The second kappa shape index (κ2) is 7.36. The van der Waals surface area contributed by atoms with Gasteiger partial charge in [-0.25, -0.2) is 4.39 Å². The first kappa shape index (κ1) is 15.7. The van der Waals surface area contributed by atoms with Gasteiger partial charge in [-0.2, -0.15) is 5.10 Å². The van der Waals surface area contributed by atoms with Gasteiger partial charge in [-0.1, -0.05) is 26.0 Å². The number of hydrogen-bond acceptors (Lipinski definition) is 2. The summed E-state index contributed by atoms with van der Waals surface area (Å²) in [5, 5.41) is 7.89. The van der Waals surface area contributed by atoms with Crippen LogP contribution in [-0.2, 0) is 6.54 Å². The monoisotopic (exact) mass is 289 g/mol. The zero-order chi connectivity index (χ0) is 15.2. The maximum Gasteiger partial charge on any atom is 0.126 e. The van der Waals surface area contributed by atoms with Crippen LogP contribution in [0.5, 0.6) is 0 Å². The maximum absolute atomic E-state index is 13.9. The summed E-state index contributed by atoms with van der Waals surface area (Å²) in [6.45, 7) is 7.81. The Bertz CT molecular complexity index is 577. The molecular weight excluding hydrogens is 265 g/mol. The largest absolute Gasteiger partial charge is 0.305 e. The molecule has 0 saturated carbocycles. The SMILES string of the molecule is CCCNC(c1ccc(C)c(F)c1)c1ccnn1CCC. The Morgan fingerprint density at radius 3 is 2.71 bits per heavy atom. The molecule has 1 heterocycles. The van der Waals surface area contributed by atoms with E-state index in [0.717, 1.165) is 37.2 Å². The van der Waals surface area contributed by atoms with Gasteiger partial charge in [0.15, 0.2) is 0 Å². The molecular formula is C17H24FN3. The quantitative estimate of drug-likeness (QED) is 0.839. The van der Waals surface area contributed by atoms with E-state index in [1.54, 1.807) is 13.0 Å². The van der Waals surface area contributed by atoms with E-state index in [1.165, 1.54) is 0 Å². The fraction of sp³-hybridized carbons (Fsp3) is 0.471. The third-order valence-corrected chi connectivity index (χ3v) is 3.61. The highest BCUT2D eigenvalue weighted by atomic mass is 19.1. The second-order valence-electron chi connectivity index (χ2n) is 5.37. The lowest BCUT2D eigenvalue weighted by molar-refractivity contribution is 0.509. The Morgan fingerprint density at radius 1 is 1.24 bits per heavy atom. The summed E-state index contributed by atoms with van der Waals surface area (Å²) in [5.41, 5.74) is 2.72. The van der Waals surface area contributed by atoms with Crippen molar-refractivity contribution < 1.29 is 4.39 Å². The van der Waals surface area contributed by atoms with Crippen molar-refractivity contribution in [1.29, 1.82) is 0 Å². The zero-order valence-electron chi connectivity index (χ0n) is 13.1. The number of nitrogens with zero attached hydrogens (tertiary/aromatic N) is 2. The summed E-state index contributed by atoms with van der Waals surface area (Å²) < 4.78 is 15.9. The van der Waals surface area contributed by atoms with Gasteiger partial charge in [-0.05, 0) is 49.6 Å². The Kier molecular flexibility index (Phi) is 5.51. The molecule has 0 aliphatic heterocycles. The van der Waals surface area contributed by atoms with E-state index in [4.69, 9.17) is 0 Å². The molecule has 0 saturated heterocycles. The van der Waals surface area contributed by atoms with Crippen LogP contribution in [0.3, 0.4) is 0 Å². The van der Waals surface area contributed by atoms with Crippen LogP contribution in [0.2, 0.25) is 0 Å². The molecule has 2 rings (SSSR count). The molecule has 0 fully saturated rings. The first-order valence-corrected chi connectivity index (χ1v) is 7.68. The van der Waals surface area contributed by atoms with Gasteiger partial charge in [0, 0.05) is 12.7 Å². The van der Waals surface area contributed by atoms with E-state index in [9.17, 15) is 4.39 Å². The van der Waals surface area contributed by atoms with E-state index in [-0.39, 0.29) is 11.9 Å². The minimum atomic E-state index is -0.155. The molecule has 2 aromatic rings. The number of aromatic nitrogens is 2. The number of halogens is 1. The van der Waals surface area contributed by atoms with Crippen molar-refractivity contribution in [3.8, 4) is 0 Å². The molecule has 1 aromatic carbocycles. The van der Waals surface area contributed by atoms with Crippen molar-refractivity contribution in [3.05, 3.63) is 53.1 Å². The maximum atomic E-state index is 13.9. The van der Waals surface area contributed by atoms with Crippen molar-refractivity contribution in [2.75, 3.05) is 6.54 Å². The zero-order valence-corrected chi connectivity index (χ0v) is 13.1. The average molecular weight is 289 g/mol. The molecule has 3 nitrogen and oxygen atoms in total. The number of rotatable bonds is 7. The van der Waals surface area contributed by atoms with Crippen molar-refractivity contribution in [3.63, 3.8) is 0 Å². The normalized spacial score (nSPS) is 12.6. The second-order valence-corrected chi connectivity index (χ2v) is 5.37. The highest BCUT2D eigenvalue weighted by molar-refractivity contribution is 5.31. The van der Waals surface area contributed by atoms with Crippen molar-refractivity contribution in [1.82, 2.24) is 15.1 Å². The molecule has 1 unspecified atom stereocenters. The predicted octanol–water partition coefficient (Wildman–Crippen LogP) is 3.83. The van der Waals surface area contributed by atoms with E-state index >= 15 is 0 Å². The summed E-state index contributed by atoms with van der Waals surface area (Å²) >= 11 is 0. The van der Waals surface area contributed by atoms with E-state index in [0.29, 0.717) is 5.56 Å². The van der Waals surface area contributed by atoms with Crippen LogP contribution in [0.1, 0.15) is 49.6 Å². The van der Waals surface area contributed by atoms with Crippen LogP contribution >= 0.6 is 0 Å². The lowest BCUT2D eigenvalue weighted by atomic mass is 10.0.